The number of halogens is 2. The van der Waals surface area contributed by atoms with Crippen molar-refractivity contribution in [2.75, 3.05) is 6.61 Å². The first-order chi connectivity index (χ1) is 10.6. The van der Waals surface area contributed by atoms with E-state index in [0.29, 0.717) is 0 Å². The maximum atomic E-state index is 5.90. The van der Waals surface area contributed by atoms with Gasteiger partial charge in [-0.2, -0.15) is 0 Å². The lowest BCUT2D eigenvalue weighted by Gasteiger charge is -2.18. The quantitative estimate of drug-likeness (QED) is 0.599. The largest absolute Gasteiger partial charge is 0.492 e. The third-order valence-electron chi connectivity index (χ3n) is 3.43. The van der Waals surface area contributed by atoms with Crippen molar-refractivity contribution in [3.05, 3.63) is 62.5 Å². The van der Waals surface area contributed by atoms with E-state index in [2.05, 4.69) is 81.4 Å². The Morgan fingerprint density at radius 3 is 2.55 bits per heavy atom. The number of ether oxygens (including phenoxy) is 1. The van der Waals surface area contributed by atoms with Gasteiger partial charge in [0.2, 0.25) is 0 Å². The minimum Gasteiger partial charge on any atom is -0.492 e. The predicted octanol–water partition coefficient (Wildman–Crippen LogP) is 5.85. The summed E-state index contributed by atoms with van der Waals surface area (Å²) < 4.78 is 7.94. The predicted molar refractivity (Wildman–Crippen MR) is 99.3 cm³/mol. The van der Waals surface area contributed by atoms with Crippen molar-refractivity contribution in [2.45, 2.75) is 32.9 Å². The van der Waals surface area contributed by atoms with Crippen LogP contribution in [0.1, 0.15) is 37.4 Å². The molecule has 1 atom stereocenters. The van der Waals surface area contributed by atoms with Crippen molar-refractivity contribution < 1.29 is 4.74 Å². The first kappa shape index (κ1) is 17.5. The zero-order chi connectivity index (χ0) is 15.9. The molecular formula is C18H21Br2NO. The van der Waals surface area contributed by atoms with Crippen molar-refractivity contribution in [3.63, 3.8) is 0 Å². The smallest absolute Gasteiger partial charge is 0.138 e. The molecule has 0 saturated carbocycles. The molecule has 2 rings (SSSR count). The van der Waals surface area contributed by atoms with Gasteiger partial charge in [0.1, 0.15) is 5.75 Å². The fourth-order valence-corrected chi connectivity index (χ4v) is 3.66. The highest BCUT2D eigenvalue weighted by molar-refractivity contribution is 9.11. The van der Waals surface area contributed by atoms with Crippen LogP contribution in [0.5, 0.6) is 5.75 Å². The first-order valence-electron chi connectivity index (χ1n) is 7.51. The monoisotopic (exact) mass is 425 g/mol. The Morgan fingerprint density at radius 1 is 1.14 bits per heavy atom. The van der Waals surface area contributed by atoms with Gasteiger partial charge in [-0.3, -0.25) is 0 Å². The number of hydrogen-bond acceptors (Lipinski definition) is 2. The molecule has 0 unspecified atom stereocenters. The summed E-state index contributed by atoms with van der Waals surface area (Å²) in [6, 6.07) is 14.9. The summed E-state index contributed by atoms with van der Waals surface area (Å²) in [5, 5.41) is 3.56. The van der Waals surface area contributed by atoms with Crippen LogP contribution in [0.3, 0.4) is 0 Å². The van der Waals surface area contributed by atoms with Crippen molar-refractivity contribution in [1.82, 2.24) is 5.32 Å². The van der Waals surface area contributed by atoms with Crippen LogP contribution in [-0.4, -0.2) is 6.61 Å². The van der Waals surface area contributed by atoms with Gasteiger partial charge in [0.25, 0.3) is 0 Å². The van der Waals surface area contributed by atoms with Crippen LogP contribution in [0.25, 0.3) is 0 Å². The van der Waals surface area contributed by atoms with E-state index in [-0.39, 0.29) is 6.04 Å². The second-order valence-corrected chi connectivity index (χ2v) is 7.01. The minimum atomic E-state index is 0.290. The third kappa shape index (κ3) is 4.83. The van der Waals surface area contributed by atoms with E-state index in [1.54, 1.807) is 0 Å². The Bertz CT molecular complexity index is 602. The highest BCUT2D eigenvalue weighted by Crippen LogP contribution is 2.33. The van der Waals surface area contributed by atoms with Crippen LogP contribution in [-0.2, 0) is 6.54 Å². The number of rotatable bonds is 7. The molecule has 0 amide bonds. The lowest BCUT2D eigenvalue weighted by molar-refractivity contribution is 0.311. The molecule has 0 spiro atoms. The summed E-state index contributed by atoms with van der Waals surface area (Å²) in [5.74, 6) is 0.929. The maximum absolute atomic E-state index is 5.90. The van der Waals surface area contributed by atoms with Crippen molar-refractivity contribution in [3.8, 4) is 5.75 Å². The van der Waals surface area contributed by atoms with E-state index in [1.807, 2.05) is 12.1 Å². The molecular weight excluding hydrogens is 406 g/mol. The van der Waals surface area contributed by atoms with Gasteiger partial charge in [-0.1, -0.05) is 53.2 Å². The molecule has 0 radical (unpaired) electrons. The topological polar surface area (TPSA) is 21.3 Å². The van der Waals surface area contributed by atoms with E-state index in [9.17, 15) is 0 Å². The van der Waals surface area contributed by atoms with Gasteiger partial charge in [0.15, 0.2) is 0 Å². The van der Waals surface area contributed by atoms with Gasteiger partial charge in [0, 0.05) is 22.6 Å². The molecule has 2 aromatic rings. The Hall–Kier alpha value is -0.840. The zero-order valence-corrected chi connectivity index (χ0v) is 16.1. The maximum Gasteiger partial charge on any atom is 0.138 e. The Morgan fingerprint density at radius 2 is 1.86 bits per heavy atom. The molecule has 0 heterocycles. The second-order valence-electron chi connectivity index (χ2n) is 5.24. The first-order valence-corrected chi connectivity index (χ1v) is 9.09. The van der Waals surface area contributed by atoms with E-state index in [4.69, 9.17) is 4.74 Å². The van der Waals surface area contributed by atoms with Crippen molar-refractivity contribution in [2.24, 2.45) is 0 Å². The fourth-order valence-electron chi connectivity index (χ4n) is 2.23. The lowest BCUT2D eigenvalue weighted by Crippen LogP contribution is -2.18. The standard InChI is InChI=1S/C18H21Br2NO/c1-3-9-22-18-15(10-16(19)11-17(18)20)12-21-13(2)14-7-5-4-6-8-14/h4-8,10-11,13,21H,3,9,12H2,1-2H3/t13-/m0/s1. The van der Waals surface area contributed by atoms with Crippen LogP contribution < -0.4 is 10.1 Å². The van der Waals surface area contributed by atoms with E-state index < -0.39 is 0 Å². The molecule has 0 bridgehead atoms. The van der Waals surface area contributed by atoms with Crippen LogP contribution in [0.4, 0.5) is 0 Å². The van der Waals surface area contributed by atoms with Gasteiger partial charge >= 0.3 is 0 Å². The molecule has 0 saturated heterocycles. The molecule has 0 aliphatic carbocycles. The molecule has 0 aliphatic heterocycles. The summed E-state index contributed by atoms with van der Waals surface area (Å²) in [4.78, 5) is 0. The van der Waals surface area contributed by atoms with Gasteiger partial charge in [-0.15, -0.1) is 0 Å². The summed E-state index contributed by atoms with van der Waals surface area (Å²) >= 11 is 7.15. The molecule has 118 valence electrons. The summed E-state index contributed by atoms with van der Waals surface area (Å²) in [6.07, 6.45) is 0.996. The molecule has 0 aromatic heterocycles. The zero-order valence-electron chi connectivity index (χ0n) is 12.9. The van der Waals surface area contributed by atoms with Crippen LogP contribution >= 0.6 is 31.9 Å². The van der Waals surface area contributed by atoms with Crippen LogP contribution in [0, 0.1) is 0 Å². The molecule has 1 N–H and O–H groups in total. The highest BCUT2D eigenvalue weighted by atomic mass is 79.9. The fraction of sp³-hybridized carbons (Fsp3) is 0.333. The van der Waals surface area contributed by atoms with Crippen molar-refractivity contribution in [1.29, 1.82) is 0 Å². The van der Waals surface area contributed by atoms with Gasteiger partial charge in [-0.05, 0) is 47.0 Å². The van der Waals surface area contributed by atoms with Crippen molar-refractivity contribution >= 4 is 31.9 Å². The molecule has 0 fully saturated rings. The Labute approximate surface area is 149 Å². The Kier molecular flexibility index (Phi) is 6.93. The normalized spacial score (nSPS) is 12.2. The molecule has 22 heavy (non-hydrogen) atoms. The average molecular weight is 427 g/mol. The number of hydrogen-bond donors (Lipinski definition) is 1. The summed E-state index contributed by atoms with van der Waals surface area (Å²) in [7, 11) is 0. The number of benzene rings is 2. The number of nitrogens with one attached hydrogen (secondary N) is 1. The van der Waals surface area contributed by atoms with Gasteiger partial charge < -0.3 is 10.1 Å². The van der Waals surface area contributed by atoms with Gasteiger partial charge in [-0.25, -0.2) is 0 Å². The minimum absolute atomic E-state index is 0.290. The van der Waals surface area contributed by atoms with Crippen LogP contribution in [0.2, 0.25) is 0 Å². The average Bonchev–Trinajstić information content (AvgIpc) is 2.52. The second kappa shape index (κ2) is 8.70. The lowest BCUT2D eigenvalue weighted by atomic mass is 10.1. The SMILES string of the molecule is CCCOc1c(Br)cc(Br)cc1CN[C@@H](C)c1ccccc1. The van der Waals surface area contributed by atoms with Gasteiger partial charge in [0.05, 0.1) is 11.1 Å². The van der Waals surface area contributed by atoms with E-state index >= 15 is 0 Å². The Balaban J connectivity index is 2.11. The molecule has 4 heteroatoms. The molecule has 2 nitrogen and oxygen atoms in total. The highest BCUT2D eigenvalue weighted by Gasteiger charge is 2.12. The van der Waals surface area contributed by atoms with Crippen LogP contribution in [0.15, 0.2) is 51.4 Å². The van der Waals surface area contributed by atoms with E-state index in [0.717, 1.165) is 39.8 Å². The third-order valence-corrected chi connectivity index (χ3v) is 4.48. The molecule has 2 aromatic carbocycles. The summed E-state index contributed by atoms with van der Waals surface area (Å²) in [6.45, 7) is 5.77. The van der Waals surface area contributed by atoms with E-state index in [1.165, 1.54) is 5.56 Å². The molecule has 0 aliphatic rings. The summed E-state index contributed by atoms with van der Waals surface area (Å²) in [5.41, 5.74) is 2.44.